The highest BCUT2D eigenvalue weighted by molar-refractivity contribution is 7.15. The van der Waals surface area contributed by atoms with Gasteiger partial charge < -0.3 is 10.1 Å². The van der Waals surface area contributed by atoms with Crippen LogP contribution in [-0.4, -0.2) is 19.0 Å². The molecular weight excluding hydrogens is 298 g/mol. The molecule has 1 atom stereocenters. The maximum atomic E-state index is 12.4. The van der Waals surface area contributed by atoms with Crippen LogP contribution in [0.1, 0.15) is 43.8 Å². The number of esters is 1. The molecule has 1 aromatic heterocycles. The zero-order chi connectivity index (χ0) is 15.5. The lowest BCUT2D eigenvalue weighted by Crippen LogP contribution is -2.29. The Kier molecular flexibility index (Phi) is 4.24. The summed E-state index contributed by atoms with van der Waals surface area (Å²) >= 11 is 1.16. The number of benzene rings is 1. The first kappa shape index (κ1) is 14.8. The third-order valence-corrected chi connectivity index (χ3v) is 4.82. The van der Waals surface area contributed by atoms with Crippen LogP contribution in [0.4, 0.5) is 0 Å². The molecule has 114 valence electrons. The van der Waals surface area contributed by atoms with Crippen LogP contribution in [0.5, 0.6) is 0 Å². The van der Waals surface area contributed by atoms with E-state index in [1.165, 1.54) is 7.11 Å². The van der Waals surface area contributed by atoms with E-state index >= 15 is 0 Å². The number of ether oxygens (including phenoxy) is 1. The van der Waals surface area contributed by atoms with Crippen molar-refractivity contribution in [3.63, 3.8) is 0 Å². The molecule has 1 N–H and O–H groups in total. The fourth-order valence-electron chi connectivity index (χ4n) is 2.45. The molecular formula is C17H17NO3S. The van der Waals surface area contributed by atoms with E-state index in [2.05, 4.69) is 10.1 Å². The third-order valence-electron chi connectivity index (χ3n) is 3.76. The number of hydrogen-bond acceptors (Lipinski definition) is 4. The van der Waals surface area contributed by atoms with Gasteiger partial charge in [-0.05, 0) is 36.5 Å². The monoisotopic (exact) mass is 315 g/mol. The fraction of sp³-hybridized carbons (Fsp3) is 0.294. The van der Waals surface area contributed by atoms with Gasteiger partial charge in [0.2, 0.25) is 0 Å². The summed E-state index contributed by atoms with van der Waals surface area (Å²) in [6, 6.07) is 13.3. The highest BCUT2D eigenvalue weighted by Gasteiger charge is 2.33. The van der Waals surface area contributed by atoms with Crippen LogP contribution in [0.25, 0.3) is 0 Å². The van der Waals surface area contributed by atoms with Gasteiger partial charge in [0.1, 0.15) is 4.88 Å². The van der Waals surface area contributed by atoms with Crippen molar-refractivity contribution >= 4 is 23.2 Å². The van der Waals surface area contributed by atoms with Gasteiger partial charge in [0, 0.05) is 0 Å². The number of hydrogen-bond donors (Lipinski definition) is 1. The summed E-state index contributed by atoms with van der Waals surface area (Å²) in [6.45, 7) is 0. The van der Waals surface area contributed by atoms with E-state index in [9.17, 15) is 9.59 Å². The third kappa shape index (κ3) is 3.20. The summed E-state index contributed by atoms with van der Waals surface area (Å²) in [4.78, 5) is 24.9. The zero-order valence-electron chi connectivity index (χ0n) is 12.2. The topological polar surface area (TPSA) is 55.4 Å². The highest BCUT2D eigenvalue weighted by atomic mass is 32.1. The lowest BCUT2D eigenvalue weighted by molar-refractivity contribution is 0.0606. The predicted molar refractivity (Wildman–Crippen MR) is 85.0 cm³/mol. The number of carbonyl (C=O) groups is 2. The molecule has 0 spiro atoms. The summed E-state index contributed by atoms with van der Waals surface area (Å²) in [6.07, 6.45) is 2.27. The smallest absolute Gasteiger partial charge is 0.348 e. The predicted octanol–water partition coefficient (Wildman–Crippen LogP) is 3.42. The van der Waals surface area contributed by atoms with Crippen LogP contribution in [0.15, 0.2) is 42.5 Å². The van der Waals surface area contributed by atoms with Crippen LogP contribution in [0.3, 0.4) is 0 Å². The van der Waals surface area contributed by atoms with Crippen molar-refractivity contribution in [1.29, 1.82) is 0 Å². The van der Waals surface area contributed by atoms with E-state index in [0.29, 0.717) is 15.7 Å². The summed E-state index contributed by atoms with van der Waals surface area (Å²) in [7, 11) is 1.33. The minimum atomic E-state index is -0.411. The SMILES string of the molecule is COC(=O)c1ccc(C(=O)NC(c2ccccc2)C2CC2)s1. The quantitative estimate of drug-likeness (QED) is 0.860. The van der Waals surface area contributed by atoms with Crippen LogP contribution in [-0.2, 0) is 4.74 Å². The first-order valence-corrected chi connectivity index (χ1v) is 8.04. The molecule has 1 heterocycles. The Balaban J connectivity index is 1.74. The molecule has 1 saturated carbocycles. The van der Waals surface area contributed by atoms with Gasteiger partial charge in [0.15, 0.2) is 0 Å². The zero-order valence-corrected chi connectivity index (χ0v) is 13.1. The summed E-state index contributed by atoms with van der Waals surface area (Å²) < 4.78 is 4.67. The Morgan fingerprint density at radius 2 is 1.82 bits per heavy atom. The molecule has 0 radical (unpaired) electrons. The molecule has 0 aliphatic heterocycles. The van der Waals surface area contributed by atoms with Gasteiger partial charge in [-0.3, -0.25) is 4.79 Å². The van der Waals surface area contributed by atoms with Crippen molar-refractivity contribution in [2.24, 2.45) is 5.92 Å². The number of carbonyl (C=O) groups excluding carboxylic acids is 2. The first-order chi connectivity index (χ1) is 10.7. The van der Waals surface area contributed by atoms with E-state index < -0.39 is 5.97 Å². The van der Waals surface area contributed by atoms with Crippen molar-refractivity contribution < 1.29 is 14.3 Å². The summed E-state index contributed by atoms with van der Waals surface area (Å²) in [5, 5.41) is 3.10. The average molecular weight is 315 g/mol. The van der Waals surface area contributed by atoms with Crippen LogP contribution in [0.2, 0.25) is 0 Å². The normalized spacial score (nSPS) is 15.1. The van der Waals surface area contributed by atoms with Gasteiger partial charge in [0.25, 0.3) is 5.91 Å². The number of rotatable bonds is 5. The van der Waals surface area contributed by atoms with Crippen molar-refractivity contribution in [3.05, 3.63) is 57.8 Å². The van der Waals surface area contributed by atoms with Gasteiger partial charge in [-0.15, -0.1) is 11.3 Å². The van der Waals surface area contributed by atoms with Gasteiger partial charge in [-0.2, -0.15) is 0 Å². The Labute approximate surface area is 133 Å². The minimum Gasteiger partial charge on any atom is -0.465 e. The Morgan fingerprint density at radius 1 is 1.14 bits per heavy atom. The number of thiophene rings is 1. The lowest BCUT2D eigenvalue weighted by Gasteiger charge is -2.18. The Bertz CT molecular complexity index is 676. The molecule has 1 aliphatic carbocycles. The second-order valence-electron chi connectivity index (χ2n) is 5.35. The van der Waals surface area contributed by atoms with E-state index in [1.54, 1.807) is 12.1 Å². The summed E-state index contributed by atoms with van der Waals surface area (Å²) in [5.41, 5.74) is 1.13. The van der Waals surface area contributed by atoms with E-state index in [4.69, 9.17) is 0 Å². The fourth-order valence-corrected chi connectivity index (χ4v) is 3.27. The molecule has 22 heavy (non-hydrogen) atoms. The molecule has 0 bridgehead atoms. The second kappa shape index (κ2) is 6.32. The first-order valence-electron chi connectivity index (χ1n) is 7.23. The van der Waals surface area contributed by atoms with E-state index in [-0.39, 0.29) is 11.9 Å². The molecule has 3 rings (SSSR count). The standard InChI is InChI=1S/C17H17NO3S/c1-21-17(20)14-10-9-13(22-14)16(19)18-15(12-7-8-12)11-5-3-2-4-6-11/h2-6,9-10,12,15H,7-8H2,1H3,(H,18,19). The van der Waals surface area contributed by atoms with Gasteiger partial charge in [0.05, 0.1) is 18.0 Å². The van der Waals surface area contributed by atoms with Gasteiger partial charge >= 0.3 is 5.97 Å². The van der Waals surface area contributed by atoms with Crippen LogP contribution < -0.4 is 5.32 Å². The number of methoxy groups -OCH3 is 1. The molecule has 2 aromatic rings. The Hall–Kier alpha value is -2.14. The maximum absolute atomic E-state index is 12.4. The molecule has 4 nitrogen and oxygen atoms in total. The lowest BCUT2D eigenvalue weighted by atomic mass is 10.0. The number of amides is 1. The summed E-state index contributed by atoms with van der Waals surface area (Å²) in [5.74, 6) is -0.0434. The molecule has 5 heteroatoms. The van der Waals surface area contributed by atoms with Crippen LogP contribution in [0, 0.1) is 5.92 Å². The minimum absolute atomic E-state index is 0.0392. The molecule has 1 aliphatic rings. The Morgan fingerprint density at radius 3 is 2.45 bits per heavy atom. The van der Waals surface area contributed by atoms with Gasteiger partial charge in [-0.1, -0.05) is 30.3 Å². The molecule has 1 amide bonds. The molecule has 1 aromatic carbocycles. The van der Waals surface area contributed by atoms with Crippen molar-refractivity contribution in [3.8, 4) is 0 Å². The van der Waals surface area contributed by atoms with Crippen molar-refractivity contribution in [1.82, 2.24) is 5.32 Å². The van der Waals surface area contributed by atoms with E-state index in [1.807, 2.05) is 30.3 Å². The molecule has 1 fully saturated rings. The van der Waals surface area contributed by atoms with Crippen molar-refractivity contribution in [2.75, 3.05) is 7.11 Å². The molecule has 1 unspecified atom stereocenters. The van der Waals surface area contributed by atoms with Crippen LogP contribution >= 0.6 is 11.3 Å². The second-order valence-corrected chi connectivity index (χ2v) is 6.44. The molecule has 0 saturated heterocycles. The maximum Gasteiger partial charge on any atom is 0.348 e. The van der Waals surface area contributed by atoms with Gasteiger partial charge in [-0.25, -0.2) is 4.79 Å². The highest BCUT2D eigenvalue weighted by Crippen LogP contribution is 2.41. The van der Waals surface area contributed by atoms with E-state index in [0.717, 1.165) is 29.7 Å². The number of nitrogens with one attached hydrogen (secondary N) is 1. The average Bonchev–Trinajstić information content (AvgIpc) is 3.27. The van der Waals surface area contributed by atoms with Crippen molar-refractivity contribution in [2.45, 2.75) is 18.9 Å². The largest absolute Gasteiger partial charge is 0.465 e.